The minimum absolute atomic E-state index is 0.333. The van der Waals surface area contributed by atoms with Gasteiger partial charge in [0.1, 0.15) is 6.67 Å². The molecule has 0 amide bonds. The summed E-state index contributed by atoms with van der Waals surface area (Å²) in [6.45, 7) is 0.734. The summed E-state index contributed by atoms with van der Waals surface area (Å²) >= 11 is 5.76. The molecular weight excluding hydrogens is 177 g/mol. The molecule has 1 nitrogen and oxygen atoms in total. The number of hydrogen-bond donors (Lipinski definition) is 1. The van der Waals surface area contributed by atoms with Crippen LogP contribution in [0.5, 0.6) is 0 Å². The van der Waals surface area contributed by atoms with E-state index in [2.05, 4.69) is 5.32 Å². The highest BCUT2D eigenvalue weighted by molar-refractivity contribution is 6.30. The van der Waals surface area contributed by atoms with Gasteiger partial charge in [-0.1, -0.05) is 23.7 Å². The summed E-state index contributed by atoms with van der Waals surface area (Å²) in [5, 5.41) is 3.66. The highest BCUT2D eigenvalue weighted by Crippen LogP contribution is 2.09. The van der Waals surface area contributed by atoms with Crippen LogP contribution in [0.1, 0.15) is 5.56 Å². The predicted molar refractivity (Wildman–Crippen MR) is 49.1 cm³/mol. The molecule has 0 aromatic heterocycles. The fourth-order valence-corrected chi connectivity index (χ4v) is 1.16. The second-order valence-electron chi connectivity index (χ2n) is 2.50. The Bertz CT molecular complexity index is 240. The van der Waals surface area contributed by atoms with Crippen LogP contribution in [0.4, 0.5) is 4.39 Å². The monoisotopic (exact) mass is 187 g/mol. The van der Waals surface area contributed by atoms with E-state index in [-0.39, 0.29) is 6.67 Å². The molecule has 1 aromatic carbocycles. The van der Waals surface area contributed by atoms with Crippen LogP contribution < -0.4 is 5.32 Å². The Morgan fingerprint density at radius 3 is 2.92 bits per heavy atom. The lowest BCUT2D eigenvalue weighted by atomic mass is 10.2. The zero-order valence-corrected chi connectivity index (χ0v) is 7.44. The highest BCUT2D eigenvalue weighted by atomic mass is 35.5. The van der Waals surface area contributed by atoms with Crippen molar-refractivity contribution in [1.29, 1.82) is 0 Å². The molecule has 12 heavy (non-hydrogen) atoms. The lowest BCUT2D eigenvalue weighted by Crippen LogP contribution is -2.15. The highest BCUT2D eigenvalue weighted by Gasteiger charge is 1.92. The molecule has 0 aliphatic rings. The third-order valence-electron chi connectivity index (χ3n) is 1.49. The molecule has 0 aliphatic carbocycles. The largest absolute Gasteiger partial charge is 0.310 e. The maximum Gasteiger partial charge on any atom is 0.102 e. The fraction of sp³-hybridized carbons (Fsp3) is 0.333. The Morgan fingerprint density at radius 1 is 1.42 bits per heavy atom. The molecule has 1 rings (SSSR count). The first-order chi connectivity index (χ1) is 5.83. The summed E-state index contributed by atoms with van der Waals surface area (Å²) in [4.78, 5) is 0. The van der Waals surface area contributed by atoms with E-state index < -0.39 is 0 Å². The van der Waals surface area contributed by atoms with Gasteiger partial charge in [0.25, 0.3) is 0 Å². The van der Waals surface area contributed by atoms with Crippen molar-refractivity contribution < 1.29 is 4.39 Å². The molecule has 3 heteroatoms. The van der Waals surface area contributed by atoms with E-state index in [0.717, 1.165) is 10.6 Å². The van der Waals surface area contributed by atoms with Gasteiger partial charge in [0.2, 0.25) is 0 Å². The molecule has 0 heterocycles. The topological polar surface area (TPSA) is 12.0 Å². The summed E-state index contributed by atoms with van der Waals surface area (Å²) in [6.07, 6.45) is 0. The van der Waals surface area contributed by atoms with Crippen molar-refractivity contribution in [1.82, 2.24) is 5.32 Å². The third-order valence-corrected chi connectivity index (χ3v) is 1.72. The van der Waals surface area contributed by atoms with Crippen molar-refractivity contribution in [2.24, 2.45) is 0 Å². The molecule has 0 atom stereocenters. The average molecular weight is 188 g/mol. The number of halogens is 2. The number of alkyl halides is 1. The van der Waals surface area contributed by atoms with Crippen LogP contribution in [-0.4, -0.2) is 13.2 Å². The van der Waals surface area contributed by atoms with Gasteiger partial charge in [-0.05, 0) is 17.7 Å². The molecule has 0 radical (unpaired) electrons. The maximum absolute atomic E-state index is 11.7. The molecule has 1 N–H and O–H groups in total. The molecule has 0 spiro atoms. The van der Waals surface area contributed by atoms with Crippen molar-refractivity contribution in [3.05, 3.63) is 34.9 Å². The van der Waals surface area contributed by atoms with Crippen LogP contribution in [0.15, 0.2) is 24.3 Å². The van der Waals surface area contributed by atoms with Gasteiger partial charge < -0.3 is 5.32 Å². The Balaban J connectivity index is 2.41. The summed E-state index contributed by atoms with van der Waals surface area (Å²) in [7, 11) is 0. The number of nitrogens with one attached hydrogen (secondary N) is 1. The van der Waals surface area contributed by atoms with E-state index in [1.54, 1.807) is 0 Å². The van der Waals surface area contributed by atoms with E-state index in [4.69, 9.17) is 11.6 Å². The molecule has 66 valence electrons. The van der Waals surface area contributed by atoms with Crippen molar-refractivity contribution >= 4 is 11.6 Å². The first kappa shape index (κ1) is 9.49. The predicted octanol–water partition coefficient (Wildman–Crippen LogP) is 2.40. The minimum Gasteiger partial charge on any atom is -0.310 e. The molecule has 0 saturated heterocycles. The van der Waals surface area contributed by atoms with Crippen LogP contribution in [0.25, 0.3) is 0 Å². The Hall–Kier alpha value is -0.600. The Kier molecular flexibility index (Phi) is 4.05. The molecular formula is C9H11ClFN. The van der Waals surface area contributed by atoms with Gasteiger partial charge >= 0.3 is 0 Å². The van der Waals surface area contributed by atoms with Gasteiger partial charge in [-0.25, -0.2) is 4.39 Å². The van der Waals surface area contributed by atoms with E-state index in [0.29, 0.717) is 13.1 Å². The summed E-state index contributed by atoms with van der Waals surface area (Å²) in [5.74, 6) is 0. The second kappa shape index (κ2) is 5.12. The SMILES string of the molecule is FCCNCc1cccc(Cl)c1. The lowest BCUT2D eigenvalue weighted by Gasteiger charge is -2.01. The Morgan fingerprint density at radius 2 is 2.25 bits per heavy atom. The van der Waals surface area contributed by atoms with Gasteiger partial charge in [0.05, 0.1) is 0 Å². The van der Waals surface area contributed by atoms with Gasteiger partial charge in [-0.3, -0.25) is 0 Å². The smallest absolute Gasteiger partial charge is 0.102 e. The van der Waals surface area contributed by atoms with Crippen molar-refractivity contribution in [3.63, 3.8) is 0 Å². The van der Waals surface area contributed by atoms with Crippen molar-refractivity contribution in [2.45, 2.75) is 6.54 Å². The molecule has 0 aliphatic heterocycles. The molecule has 0 saturated carbocycles. The lowest BCUT2D eigenvalue weighted by molar-refractivity contribution is 0.467. The molecule has 0 bridgehead atoms. The summed E-state index contributed by atoms with van der Waals surface area (Å²) in [5.41, 5.74) is 1.08. The normalized spacial score (nSPS) is 10.2. The standard InChI is InChI=1S/C9H11ClFN/c10-9-3-1-2-8(6-9)7-12-5-4-11/h1-3,6,12H,4-5,7H2. The van der Waals surface area contributed by atoms with Crippen LogP contribution in [0.3, 0.4) is 0 Å². The van der Waals surface area contributed by atoms with E-state index in [1.165, 1.54) is 0 Å². The van der Waals surface area contributed by atoms with Gasteiger partial charge in [-0.2, -0.15) is 0 Å². The summed E-state index contributed by atoms with van der Waals surface area (Å²) < 4.78 is 11.7. The minimum atomic E-state index is -0.333. The van der Waals surface area contributed by atoms with Gasteiger partial charge in [-0.15, -0.1) is 0 Å². The first-order valence-corrected chi connectivity index (χ1v) is 4.22. The van der Waals surface area contributed by atoms with Crippen molar-refractivity contribution in [3.8, 4) is 0 Å². The maximum atomic E-state index is 11.7. The number of hydrogen-bond acceptors (Lipinski definition) is 1. The molecule has 0 unspecified atom stereocenters. The molecule has 0 fully saturated rings. The van der Waals surface area contributed by atoms with E-state index in [1.807, 2.05) is 24.3 Å². The van der Waals surface area contributed by atoms with Crippen LogP contribution >= 0.6 is 11.6 Å². The zero-order valence-electron chi connectivity index (χ0n) is 6.69. The number of rotatable bonds is 4. The van der Waals surface area contributed by atoms with Crippen molar-refractivity contribution in [2.75, 3.05) is 13.2 Å². The zero-order chi connectivity index (χ0) is 8.81. The fourth-order valence-electron chi connectivity index (χ4n) is 0.946. The quantitative estimate of drug-likeness (QED) is 0.714. The molecule has 1 aromatic rings. The Labute approximate surface area is 76.5 Å². The van der Waals surface area contributed by atoms with Gasteiger partial charge in [0.15, 0.2) is 0 Å². The average Bonchev–Trinajstić information content (AvgIpc) is 2.05. The second-order valence-corrected chi connectivity index (χ2v) is 2.93. The van der Waals surface area contributed by atoms with Crippen LogP contribution in [-0.2, 0) is 6.54 Å². The number of benzene rings is 1. The van der Waals surface area contributed by atoms with Gasteiger partial charge in [0, 0.05) is 18.1 Å². The van der Waals surface area contributed by atoms with Crippen LogP contribution in [0.2, 0.25) is 5.02 Å². The first-order valence-electron chi connectivity index (χ1n) is 3.84. The third kappa shape index (κ3) is 3.20. The summed E-state index contributed by atoms with van der Waals surface area (Å²) in [6, 6.07) is 7.53. The van der Waals surface area contributed by atoms with Crippen LogP contribution in [0, 0.1) is 0 Å². The van der Waals surface area contributed by atoms with E-state index >= 15 is 0 Å². The van der Waals surface area contributed by atoms with E-state index in [9.17, 15) is 4.39 Å².